The van der Waals surface area contributed by atoms with E-state index in [1.807, 2.05) is 39.0 Å². The van der Waals surface area contributed by atoms with Crippen LogP contribution < -0.4 is 5.43 Å². The lowest BCUT2D eigenvalue weighted by Gasteiger charge is -2.07. The number of hydrazone groups is 1. The molecule has 4 nitrogen and oxygen atoms in total. The Kier molecular flexibility index (Phi) is 4.38. The van der Waals surface area contributed by atoms with Crippen molar-refractivity contribution in [2.75, 3.05) is 0 Å². The maximum atomic E-state index is 11.9. The fraction of sp³-hybridized carbons (Fsp3) is 0.176. The number of hydrogen-bond acceptors (Lipinski definition) is 3. The number of carbonyl (C=O) groups is 1. The first-order chi connectivity index (χ1) is 9.97. The van der Waals surface area contributed by atoms with Crippen LogP contribution in [-0.4, -0.2) is 16.7 Å². The minimum Gasteiger partial charge on any atom is -0.508 e. The fourth-order valence-corrected chi connectivity index (χ4v) is 2.00. The molecule has 0 aromatic heterocycles. The molecule has 0 saturated heterocycles. The molecule has 0 fully saturated rings. The van der Waals surface area contributed by atoms with Crippen molar-refractivity contribution in [3.63, 3.8) is 0 Å². The number of aromatic hydroxyl groups is 1. The van der Waals surface area contributed by atoms with Crippen LogP contribution in [0.5, 0.6) is 5.75 Å². The number of rotatable bonds is 3. The molecule has 0 aliphatic carbocycles. The van der Waals surface area contributed by atoms with Gasteiger partial charge in [-0.05, 0) is 56.7 Å². The zero-order valence-electron chi connectivity index (χ0n) is 12.3. The van der Waals surface area contributed by atoms with E-state index in [0.717, 1.165) is 22.4 Å². The van der Waals surface area contributed by atoms with Gasteiger partial charge in [-0.15, -0.1) is 0 Å². The second-order valence-electron chi connectivity index (χ2n) is 5.00. The SMILES string of the molecule is C/C(=N\NC(=O)c1ccc(O)cc1)c1cc(C)ccc1C. The third-order valence-corrected chi connectivity index (χ3v) is 3.24. The van der Waals surface area contributed by atoms with Crippen LogP contribution in [0.3, 0.4) is 0 Å². The van der Waals surface area contributed by atoms with Crippen LogP contribution >= 0.6 is 0 Å². The average molecular weight is 282 g/mol. The van der Waals surface area contributed by atoms with Crippen LogP contribution in [0.1, 0.15) is 34.0 Å². The van der Waals surface area contributed by atoms with Crippen LogP contribution in [-0.2, 0) is 0 Å². The van der Waals surface area contributed by atoms with Gasteiger partial charge in [0, 0.05) is 11.1 Å². The number of amides is 1. The quantitative estimate of drug-likeness (QED) is 0.671. The summed E-state index contributed by atoms with van der Waals surface area (Å²) in [7, 11) is 0. The van der Waals surface area contributed by atoms with Crippen LogP contribution in [0.25, 0.3) is 0 Å². The number of aryl methyl sites for hydroxylation is 2. The molecule has 0 aliphatic heterocycles. The molecule has 2 aromatic carbocycles. The molecule has 0 heterocycles. The highest BCUT2D eigenvalue weighted by atomic mass is 16.3. The van der Waals surface area contributed by atoms with E-state index < -0.39 is 0 Å². The maximum Gasteiger partial charge on any atom is 0.271 e. The highest BCUT2D eigenvalue weighted by Crippen LogP contribution is 2.12. The van der Waals surface area contributed by atoms with Crippen molar-refractivity contribution in [3.05, 3.63) is 64.7 Å². The van der Waals surface area contributed by atoms with Gasteiger partial charge in [-0.2, -0.15) is 5.10 Å². The van der Waals surface area contributed by atoms with Crippen molar-refractivity contribution < 1.29 is 9.90 Å². The van der Waals surface area contributed by atoms with E-state index in [1.165, 1.54) is 12.1 Å². The van der Waals surface area contributed by atoms with Gasteiger partial charge in [0.15, 0.2) is 0 Å². The van der Waals surface area contributed by atoms with E-state index in [0.29, 0.717) is 5.56 Å². The Balaban J connectivity index is 2.14. The molecule has 0 aliphatic rings. The van der Waals surface area contributed by atoms with Crippen molar-refractivity contribution in [3.8, 4) is 5.75 Å². The molecule has 0 saturated carbocycles. The smallest absolute Gasteiger partial charge is 0.271 e. The molecule has 2 aromatic rings. The molecule has 0 atom stereocenters. The Morgan fingerprint density at radius 1 is 1.10 bits per heavy atom. The van der Waals surface area contributed by atoms with Gasteiger partial charge in [-0.1, -0.05) is 17.7 Å². The number of phenolic OH excluding ortho intramolecular Hbond substituents is 1. The first-order valence-corrected chi connectivity index (χ1v) is 6.68. The standard InChI is InChI=1S/C17H18N2O2/c1-11-4-5-12(2)16(10-11)13(3)18-19-17(21)14-6-8-15(20)9-7-14/h4-10,20H,1-3H3,(H,19,21)/b18-13+. The summed E-state index contributed by atoms with van der Waals surface area (Å²) in [6.45, 7) is 5.89. The van der Waals surface area contributed by atoms with Gasteiger partial charge in [0.1, 0.15) is 5.75 Å². The third-order valence-electron chi connectivity index (χ3n) is 3.24. The summed E-state index contributed by atoms with van der Waals surface area (Å²) in [4.78, 5) is 11.9. The lowest BCUT2D eigenvalue weighted by molar-refractivity contribution is 0.0955. The first kappa shape index (κ1) is 14.8. The zero-order valence-corrected chi connectivity index (χ0v) is 12.3. The average Bonchev–Trinajstić information content (AvgIpc) is 2.47. The zero-order chi connectivity index (χ0) is 15.4. The lowest BCUT2D eigenvalue weighted by atomic mass is 10.0. The molecule has 1 amide bonds. The van der Waals surface area contributed by atoms with E-state index in [-0.39, 0.29) is 11.7 Å². The molecule has 21 heavy (non-hydrogen) atoms. The van der Waals surface area contributed by atoms with Crippen LogP contribution in [0.4, 0.5) is 0 Å². The number of nitrogens with zero attached hydrogens (tertiary/aromatic N) is 1. The number of carbonyl (C=O) groups excluding carboxylic acids is 1. The van der Waals surface area contributed by atoms with Crippen molar-refractivity contribution in [2.24, 2.45) is 5.10 Å². The number of benzene rings is 2. The van der Waals surface area contributed by atoms with E-state index in [1.54, 1.807) is 12.1 Å². The van der Waals surface area contributed by atoms with Crippen LogP contribution in [0, 0.1) is 13.8 Å². The Hall–Kier alpha value is -2.62. The number of hydrogen-bond donors (Lipinski definition) is 2. The van der Waals surface area contributed by atoms with Gasteiger partial charge < -0.3 is 5.11 Å². The van der Waals surface area contributed by atoms with E-state index in [4.69, 9.17) is 0 Å². The summed E-state index contributed by atoms with van der Waals surface area (Å²) in [6.07, 6.45) is 0. The highest BCUT2D eigenvalue weighted by molar-refractivity contribution is 6.01. The van der Waals surface area contributed by atoms with E-state index >= 15 is 0 Å². The fourth-order valence-electron chi connectivity index (χ4n) is 2.00. The van der Waals surface area contributed by atoms with Crippen LogP contribution in [0.15, 0.2) is 47.6 Å². The summed E-state index contributed by atoms with van der Waals surface area (Å²) < 4.78 is 0. The molecule has 0 bridgehead atoms. The van der Waals surface area contributed by atoms with Crippen molar-refractivity contribution >= 4 is 11.6 Å². The van der Waals surface area contributed by atoms with Crippen molar-refractivity contribution in [2.45, 2.75) is 20.8 Å². The van der Waals surface area contributed by atoms with Gasteiger partial charge in [0.05, 0.1) is 5.71 Å². The molecule has 0 radical (unpaired) electrons. The van der Waals surface area contributed by atoms with Crippen molar-refractivity contribution in [1.82, 2.24) is 5.43 Å². The Bertz CT molecular complexity index is 688. The monoisotopic (exact) mass is 282 g/mol. The Labute approximate surface area is 124 Å². The molecular formula is C17H18N2O2. The molecular weight excluding hydrogens is 264 g/mol. The molecule has 2 N–H and O–H groups in total. The van der Waals surface area contributed by atoms with E-state index in [2.05, 4.69) is 10.5 Å². The molecule has 2 rings (SSSR count). The summed E-state index contributed by atoms with van der Waals surface area (Å²) >= 11 is 0. The number of phenols is 1. The number of nitrogens with one attached hydrogen (secondary N) is 1. The minimum absolute atomic E-state index is 0.126. The predicted octanol–water partition coefficient (Wildman–Crippen LogP) is 3.16. The summed E-state index contributed by atoms with van der Waals surface area (Å²) in [5.74, 6) is -0.179. The second-order valence-corrected chi connectivity index (χ2v) is 5.00. The third kappa shape index (κ3) is 3.69. The summed E-state index contributed by atoms with van der Waals surface area (Å²) in [6, 6.07) is 12.2. The topological polar surface area (TPSA) is 61.7 Å². The first-order valence-electron chi connectivity index (χ1n) is 6.68. The molecule has 0 unspecified atom stereocenters. The predicted molar refractivity (Wildman–Crippen MR) is 83.7 cm³/mol. The largest absolute Gasteiger partial charge is 0.508 e. The Morgan fingerprint density at radius 3 is 2.43 bits per heavy atom. The highest BCUT2D eigenvalue weighted by Gasteiger charge is 2.06. The summed E-state index contributed by atoms with van der Waals surface area (Å²) in [5.41, 5.74) is 7.01. The van der Waals surface area contributed by atoms with Gasteiger partial charge in [-0.25, -0.2) is 5.43 Å². The molecule has 0 spiro atoms. The second kappa shape index (κ2) is 6.22. The molecule has 4 heteroatoms. The maximum absolute atomic E-state index is 11.9. The van der Waals surface area contributed by atoms with Crippen molar-refractivity contribution in [1.29, 1.82) is 0 Å². The normalized spacial score (nSPS) is 11.3. The van der Waals surface area contributed by atoms with Gasteiger partial charge in [-0.3, -0.25) is 4.79 Å². The lowest BCUT2D eigenvalue weighted by Crippen LogP contribution is -2.19. The van der Waals surface area contributed by atoms with Gasteiger partial charge >= 0.3 is 0 Å². The molecule has 108 valence electrons. The Morgan fingerprint density at radius 2 is 1.76 bits per heavy atom. The van der Waals surface area contributed by atoms with E-state index in [9.17, 15) is 9.90 Å². The summed E-state index contributed by atoms with van der Waals surface area (Å²) in [5, 5.41) is 13.4. The van der Waals surface area contributed by atoms with Crippen LogP contribution in [0.2, 0.25) is 0 Å². The van der Waals surface area contributed by atoms with Gasteiger partial charge in [0.25, 0.3) is 5.91 Å². The van der Waals surface area contributed by atoms with Gasteiger partial charge in [0.2, 0.25) is 0 Å². The minimum atomic E-state index is -0.306.